The van der Waals surface area contributed by atoms with Crippen molar-refractivity contribution in [2.75, 3.05) is 18.5 Å². The quantitative estimate of drug-likeness (QED) is 0.211. The highest BCUT2D eigenvalue weighted by Gasteiger charge is 2.70. The zero-order valence-corrected chi connectivity index (χ0v) is 29.3. The van der Waals surface area contributed by atoms with Gasteiger partial charge < -0.3 is 31.3 Å². The summed E-state index contributed by atoms with van der Waals surface area (Å²) in [5, 5.41) is 11.1. The topological polar surface area (TPSA) is 189 Å². The van der Waals surface area contributed by atoms with Gasteiger partial charge in [-0.3, -0.25) is 24.5 Å². The normalized spacial score (nSPS) is 23.1. The number of amides is 6. The number of nitrogens with zero attached hydrogens (tertiary/aromatic N) is 1. The fourth-order valence-corrected chi connectivity index (χ4v) is 6.65. The first-order valence-electron chi connectivity index (χ1n) is 16.7. The van der Waals surface area contributed by atoms with Gasteiger partial charge in [-0.2, -0.15) is 0 Å². The number of hydrogen-bond donors (Lipinski definition) is 5. The van der Waals surface area contributed by atoms with Gasteiger partial charge in [0.25, 0.3) is 5.91 Å². The fourth-order valence-electron chi connectivity index (χ4n) is 6.65. The molecule has 0 aromatic heterocycles. The molecule has 1 aliphatic heterocycles. The lowest BCUT2D eigenvalue weighted by Crippen LogP contribution is -2.62. The molecule has 2 aliphatic carbocycles. The van der Waals surface area contributed by atoms with Crippen molar-refractivity contribution < 1.29 is 33.5 Å². The molecule has 48 heavy (non-hydrogen) atoms. The minimum atomic E-state index is -1.11. The molecule has 0 bridgehead atoms. The number of hydrogen-bond acceptors (Lipinski definition) is 7. The predicted molar refractivity (Wildman–Crippen MR) is 179 cm³/mol. The molecule has 1 heterocycles. The lowest BCUT2D eigenvalue weighted by atomic mass is 9.85. The number of Topliss-reactive ketones (excluding diaryl/α,β-unsaturated/α-hetero) is 1. The van der Waals surface area contributed by atoms with Crippen LogP contribution < -0.4 is 27.0 Å². The van der Waals surface area contributed by atoms with Crippen LogP contribution in [0.15, 0.2) is 30.3 Å². The number of likely N-dealkylation sites (tertiary alicyclic amines) is 1. The monoisotopic (exact) mass is 668 g/mol. The summed E-state index contributed by atoms with van der Waals surface area (Å²) in [6.45, 7) is 15.4. The fraction of sp³-hybridized carbons (Fsp3) is 0.657. The van der Waals surface area contributed by atoms with E-state index in [1.165, 1.54) is 4.90 Å². The molecule has 2 saturated carbocycles. The van der Waals surface area contributed by atoms with Crippen LogP contribution in [0.1, 0.15) is 74.7 Å². The van der Waals surface area contributed by atoms with Gasteiger partial charge in [0, 0.05) is 12.2 Å². The van der Waals surface area contributed by atoms with Crippen LogP contribution in [0.3, 0.4) is 0 Å². The summed E-state index contributed by atoms with van der Waals surface area (Å²) in [4.78, 5) is 80.0. The molecule has 3 unspecified atom stereocenters. The molecule has 6 atom stereocenters. The second-order valence-corrected chi connectivity index (χ2v) is 16.3. The average Bonchev–Trinajstić information content (AvgIpc) is 3.83. The van der Waals surface area contributed by atoms with Gasteiger partial charge in [-0.25, -0.2) is 9.59 Å². The number of rotatable bonds is 12. The Morgan fingerprint density at radius 1 is 0.938 bits per heavy atom. The van der Waals surface area contributed by atoms with Crippen molar-refractivity contribution in [3.05, 3.63) is 30.3 Å². The maximum absolute atomic E-state index is 14.3. The van der Waals surface area contributed by atoms with Crippen molar-refractivity contribution in [2.24, 2.45) is 39.7 Å². The van der Waals surface area contributed by atoms with Gasteiger partial charge in [-0.15, -0.1) is 0 Å². The van der Waals surface area contributed by atoms with Crippen LogP contribution in [0.5, 0.6) is 0 Å². The molecule has 6 N–H and O–H groups in total. The summed E-state index contributed by atoms with van der Waals surface area (Å²) in [5.41, 5.74) is 4.40. The Hall–Kier alpha value is -4.16. The van der Waals surface area contributed by atoms with Crippen LogP contribution >= 0.6 is 0 Å². The average molecular weight is 669 g/mol. The zero-order valence-electron chi connectivity index (χ0n) is 29.3. The minimum absolute atomic E-state index is 0.0600. The lowest BCUT2D eigenvalue weighted by Gasteiger charge is -2.38. The second-order valence-electron chi connectivity index (χ2n) is 16.3. The van der Waals surface area contributed by atoms with Gasteiger partial charge in [0.05, 0.1) is 12.1 Å². The van der Waals surface area contributed by atoms with Gasteiger partial charge in [0.1, 0.15) is 18.7 Å². The highest BCUT2D eigenvalue weighted by molar-refractivity contribution is 6.37. The third-order valence-corrected chi connectivity index (χ3v) is 10.0. The number of carbonyl (C=O) groups is 6. The number of primary amides is 1. The van der Waals surface area contributed by atoms with Crippen molar-refractivity contribution in [1.82, 2.24) is 20.9 Å². The van der Waals surface area contributed by atoms with E-state index >= 15 is 0 Å². The summed E-state index contributed by atoms with van der Waals surface area (Å²) in [5.74, 6) is -2.74. The first kappa shape index (κ1) is 36.7. The highest BCUT2D eigenvalue weighted by atomic mass is 16.5. The molecule has 0 radical (unpaired) electrons. The van der Waals surface area contributed by atoms with Crippen molar-refractivity contribution in [1.29, 1.82) is 0 Å². The predicted octanol–water partition coefficient (Wildman–Crippen LogP) is 3.19. The number of urea groups is 1. The number of para-hydroxylation sites is 1. The van der Waals surface area contributed by atoms with E-state index in [9.17, 15) is 28.8 Å². The largest absolute Gasteiger partial charge is 0.447 e. The lowest BCUT2D eigenvalue weighted by molar-refractivity contribution is -0.145. The van der Waals surface area contributed by atoms with E-state index in [2.05, 4.69) is 21.3 Å². The number of ketones is 1. The van der Waals surface area contributed by atoms with E-state index < -0.39 is 70.6 Å². The van der Waals surface area contributed by atoms with E-state index in [-0.39, 0.29) is 29.8 Å². The molecular weight excluding hydrogens is 616 g/mol. The van der Waals surface area contributed by atoms with E-state index in [1.807, 2.05) is 61.5 Å². The minimum Gasteiger partial charge on any atom is -0.447 e. The maximum Gasteiger partial charge on any atom is 0.411 e. The molecule has 4 rings (SSSR count). The van der Waals surface area contributed by atoms with Gasteiger partial charge in [0.2, 0.25) is 17.6 Å². The number of piperidine rings is 1. The van der Waals surface area contributed by atoms with E-state index in [4.69, 9.17) is 10.5 Å². The first-order chi connectivity index (χ1) is 22.2. The van der Waals surface area contributed by atoms with Crippen molar-refractivity contribution in [3.63, 3.8) is 0 Å². The molecule has 1 aromatic carbocycles. The van der Waals surface area contributed by atoms with Crippen LogP contribution in [-0.2, 0) is 23.9 Å². The molecule has 13 heteroatoms. The molecule has 264 valence electrons. The van der Waals surface area contributed by atoms with E-state index in [1.54, 1.807) is 24.3 Å². The van der Waals surface area contributed by atoms with Crippen LogP contribution in [0.4, 0.5) is 15.3 Å². The Labute approximate surface area is 282 Å². The molecule has 1 saturated heterocycles. The summed E-state index contributed by atoms with van der Waals surface area (Å²) in [7, 11) is 0. The third-order valence-electron chi connectivity index (χ3n) is 10.0. The van der Waals surface area contributed by atoms with Gasteiger partial charge in [0.15, 0.2) is 0 Å². The highest BCUT2D eigenvalue weighted by Crippen LogP contribution is 2.65. The van der Waals surface area contributed by atoms with Crippen LogP contribution in [0, 0.1) is 34.0 Å². The van der Waals surface area contributed by atoms with E-state index in [0.29, 0.717) is 18.7 Å². The number of ether oxygens (including phenoxy) is 1. The number of benzene rings is 1. The molecule has 13 nitrogen and oxygen atoms in total. The molecular formula is C35H52N6O7. The van der Waals surface area contributed by atoms with E-state index in [0.717, 1.165) is 12.8 Å². The summed E-state index contributed by atoms with van der Waals surface area (Å²) < 4.78 is 5.44. The van der Waals surface area contributed by atoms with Gasteiger partial charge >= 0.3 is 12.1 Å². The zero-order chi connectivity index (χ0) is 35.8. The Bertz CT molecular complexity index is 1410. The molecule has 3 aliphatic rings. The summed E-state index contributed by atoms with van der Waals surface area (Å²) in [6, 6.07) is 4.65. The summed E-state index contributed by atoms with van der Waals surface area (Å²) in [6.07, 6.45) is 1.48. The van der Waals surface area contributed by atoms with Crippen LogP contribution in [-0.4, -0.2) is 77.8 Å². The second kappa shape index (κ2) is 13.8. The molecule has 0 spiro atoms. The van der Waals surface area contributed by atoms with Crippen molar-refractivity contribution in [3.8, 4) is 0 Å². The number of fused-ring (bicyclic) bond motifs is 1. The Kier molecular flexibility index (Phi) is 10.5. The molecule has 3 fully saturated rings. The van der Waals surface area contributed by atoms with Gasteiger partial charge in [-0.05, 0) is 52.6 Å². The van der Waals surface area contributed by atoms with Crippen molar-refractivity contribution >= 4 is 41.3 Å². The van der Waals surface area contributed by atoms with Gasteiger partial charge in [-0.1, -0.05) is 86.4 Å². The standard InChI is InChI=1S/C35H52N6O7/c1-33(2,3)23(18-48-32(47)37-20-12-10-9-11-13-20)39-31(46)40-27(34(4,5)6)30(45)41-17-21-24(35(21,7)8)25(41)29(44)38-22(16-19-14-15-19)26(42)28(36)43/h9-13,19,21-25,27H,14-18H2,1-8H3,(H2,36,43)(H,37,47)(H,38,44)(H2,39,40,46)/t21?,22?,23-,24?,25+,27-/m1/s1. The first-order valence-corrected chi connectivity index (χ1v) is 16.7. The smallest absolute Gasteiger partial charge is 0.411 e. The number of nitrogens with one attached hydrogen (secondary N) is 4. The van der Waals surface area contributed by atoms with Crippen LogP contribution in [0.25, 0.3) is 0 Å². The Balaban J connectivity index is 1.46. The maximum atomic E-state index is 14.3. The van der Waals surface area contributed by atoms with Crippen LogP contribution in [0.2, 0.25) is 0 Å². The Morgan fingerprint density at radius 2 is 1.56 bits per heavy atom. The SMILES string of the molecule is CC1(C)C2CN(C(=O)[C@@H](NC(=O)N[C@H](COC(=O)Nc3ccccc3)C(C)(C)C)C(C)(C)C)[C@H](C(=O)NC(CC3CC3)C(=O)C(N)=O)C21. The number of nitrogens with two attached hydrogens (primary N) is 1. The summed E-state index contributed by atoms with van der Waals surface area (Å²) >= 11 is 0. The molecule has 1 aromatic rings. The van der Waals surface area contributed by atoms with Crippen molar-refractivity contribution in [2.45, 2.75) is 98.8 Å². The molecule has 6 amide bonds. The Morgan fingerprint density at radius 3 is 2.10 bits per heavy atom. The number of anilines is 1. The third kappa shape index (κ3) is 8.65. The number of carbonyl (C=O) groups excluding carboxylic acids is 6.